The van der Waals surface area contributed by atoms with Crippen LogP contribution in [0, 0.1) is 0 Å². The number of alkyl halides is 3. The lowest BCUT2D eigenvalue weighted by atomic mass is 9.87. The van der Waals surface area contributed by atoms with Crippen LogP contribution in [0.5, 0.6) is 17.2 Å². The highest BCUT2D eigenvalue weighted by molar-refractivity contribution is 6.30. The highest BCUT2D eigenvalue weighted by Crippen LogP contribution is 2.38. The summed E-state index contributed by atoms with van der Waals surface area (Å²) >= 11 is 6.14. The van der Waals surface area contributed by atoms with Gasteiger partial charge in [0.15, 0.2) is 0 Å². The second-order valence-corrected chi connectivity index (χ2v) is 6.20. The topological polar surface area (TPSA) is 31.4 Å². The molecule has 0 bridgehead atoms. The second kappa shape index (κ2) is 6.28. The standard InChI is InChI=1S/C16H15ClF3NO2/c1-15(2,3)13-12(8-9-21-14(13)17)22-10-4-6-11(7-5-10)23-16(18,19)20/h4-9H,1-3H3. The summed E-state index contributed by atoms with van der Waals surface area (Å²) in [6.45, 7) is 5.88. The van der Waals surface area contributed by atoms with E-state index in [9.17, 15) is 13.2 Å². The van der Waals surface area contributed by atoms with Crippen molar-refractivity contribution in [3.05, 3.63) is 47.2 Å². The molecule has 3 nitrogen and oxygen atoms in total. The van der Waals surface area contributed by atoms with Crippen molar-refractivity contribution in [1.29, 1.82) is 0 Å². The van der Waals surface area contributed by atoms with Crippen LogP contribution in [0.2, 0.25) is 5.15 Å². The number of aromatic nitrogens is 1. The molecule has 0 atom stereocenters. The molecule has 1 aromatic heterocycles. The molecule has 0 aliphatic carbocycles. The molecule has 0 unspecified atom stereocenters. The number of benzene rings is 1. The van der Waals surface area contributed by atoms with Crippen molar-refractivity contribution in [2.24, 2.45) is 0 Å². The van der Waals surface area contributed by atoms with Crippen molar-refractivity contribution in [3.8, 4) is 17.2 Å². The summed E-state index contributed by atoms with van der Waals surface area (Å²) in [5, 5.41) is 0.326. The predicted octanol–water partition coefficient (Wildman–Crippen LogP) is 5.72. The Morgan fingerprint density at radius 1 is 0.957 bits per heavy atom. The van der Waals surface area contributed by atoms with Crippen LogP contribution in [0.3, 0.4) is 0 Å². The minimum absolute atomic E-state index is 0.306. The van der Waals surface area contributed by atoms with Gasteiger partial charge in [0.25, 0.3) is 0 Å². The van der Waals surface area contributed by atoms with E-state index in [1.54, 1.807) is 6.07 Å². The number of ether oxygens (including phenoxy) is 2. The molecule has 0 saturated heterocycles. The maximum Gasteiger partial charge on any atom is 0.573 e. The van der Waals surface area contributed by atoms with Gasteiger partial charge in [0.1, 0.15) is 22.4 Å². The van der Waals surface area contributed by atoms with Crippen LogP contribution in [0.4, 0.5) is 13.2 Å². The van der Waals surface area contributed by atoms with Gasteiger partial charge in [-0.2, -0.15) is 0 Å². The average molecular weight is 346 g/mol. The van der Waals surface area contributed by atoms with Crippen LogP contribution >= 0.6 is 11.6 Å². The maximum absolute atomic E-state index is 12.1. The van der Waals surface area contributed by atoms with Gasteiger partial charge in [-0.1, -0.05) is 32.4 Å². The Hall–Kier alpha value is -1.95. The van der Waals surface area contributed by atoms with Gasteiger partial charge >= 0.3 is 6.36 Å². The van der Waals surface area contributed by atoms with Gasteiger partial charge in [-0.25, -0.2) is 4.98 Å². The van der Waals surface area contributed by atoms with E-state index in [1.165, 1.54) is 30.5 Å². The maximum atomic E-state index is 12.1. The number of nitrogens with zero attached hydrogens (tertiary/aromatic N) is 1. The molecule has 0 radical (unpaired) electrons. The molecule has 0 N–H and O–H groups in total. The molecule has 1 aromatic carbocycles. The van der Waals surface area contributed by atoms with Gasteiger partial charge in [-0.15, -0.1) is 13.2 Å². The SMILES string of the molecule is CC(C)(C)c1c(Oc2ccc(OC(F)(F)F)cc2)ccnc1Cl. The lowest BCUT2D eigenvalue weighted by Gasteiger charge is -2.23. The third-order valence-electron chi connectivity index (χ3n) is 2.90. The van der Waals surface area contributed by atoms with Crippen molar-refractivity contribution in [2.45, 2.75) is 32.5 Å². The van der Waals surface area contributed by atoms with Crippen LogP contribution in [-0.4, -0.2) is 11.3 Å². The number of hydrogen-bond donors (Lipinski definition) is 0. The minimum Gasteiger partial charge on any atom is -0.457 e. The third-order valence-corrected chi connectivity index (χ3v) is 3.19. The molecule has 23 heavy (non-hydrogen) atoms. The Balaban J connectivity index is 2.25. The molecular weight excluding hydrogens is 331 g/mol. The van der Waals surface area contributed by atoms with Crippen LogP contribution in [0.1, 0.15) is 26.3 Å². The van der Waals surface area contributed by atoms with E-state index in [2.05, 4.69) is 9.72 Å². The largest absolute Gasteiger partial charge is 0.573 e. The van der Waals surface area contributed by atoms with Gasteiger partial charge in [-0.3, -0.25) is 0 Å². The van der Waals surface area contributed by atoms with E-state index in [-0.39, 0.29) is 11.2 Å². The Morgan fingerprint density at radius 3 is 2.04 bits per heavy atom. The molecule has 0 aliphatic rings. The number of rotatable bonds is 3. The number of pyridine rings is 1. The van der Waals surface area contributed by atoms with Crippen LogP contribution in [0.15, 0.2) is 36.5 Å². The van der Waals surface area contributed by atoms with Gasteiger partial charge in [0.2, 0.25) is 0 Å². The molecule has 1 heterocycles. The molecule has 0 amide bonds. The Labute approximate surface area is 137 Å². The molecule has 0 saturated carbocycles. The van der Waals surface area contributed by atoms with Crippen molar-refractivity contribution in [3.63, 3.8) is 0 Å². The summed E-state index contributed by atoms with van der Waals surface area (Å²) in [6, 6.07) is 6.81. The number of hydrogen-bond acceptors (Lipinski definition) is 3. The van der Waals surface area contributed by atoms with Crippen LogP contribution < -0.4 is 9.47 Å². The van der Waals surface area contributed by atoms with Crippen molar-refractivity contribution >= 4 is 11.6 Å². The molecule has 7 heteroatoms. The first-order chi connectivity index (χ1) is 10.6. The summed E-state index contributed by atoms with van der Waals surface area (Å²) in [7, 11) is 0. The Morgan fingerprint density at radius 2 is 1.52 bits per heavy atom. The van der Waals surface area contributed by atoms with Crippen molar-refractivity contribution in [2.75, 3.05) is 0 Å². The third kappa shape index (κ3) is 4.76. The summed E-state index contributed by atoms with van der Waals surface area (Å²) in [4.78, 5) is 4.04. The monoisotopic (exact) mass is 345 g/mol. The van der Waals surface area contributed by atoms with Gasteiger partial charge < -0.3 is 9.47 Å². The highest BCUT2D eigenvalue weighted by Gasteiger charge is 2.31. The molecule has 0 fully saturated rings. The molecule has 2 aromatic rings. The molecule has 124 valence electrons. The first-order valence-corrected chi connectivity index (χ1v) is 7.13. The second-order valence-electron chi connectivity index (χ2n) is 5.85. The number of halogens is 4. The van der Waals surface area contributed by atoms with Gasteiger partial charge in [0.05, 0.1) is 0 Å². The Bertz CT molecular complexity index is 679. The van der Waals surface area contributed by atoms with Gasteiger partial charge in [0, 0.05) is 11.8 Å². The molecule has 0 aliphatic heterocycles. The van der Waals surface area contributed by atoms with E-state index in [0.717, 1.165) is 5.56 Å². The van der Waals surface area contributed by atoms with E-state index in [1.807, 2.05) is 20.8 Å². The van der Waals surface area contributed by atoms with E-state index in [4.69, 9.17) is 16.3 Å². The molecule has 0 spiro atoms. The average Bonchev–Trinajstić information content (AvgIpc) is 2.38. The fourth-order valence-corrected chi connectivity index (χ4v) is 2.45. The fraction of sp³-hybridized carbons (Fsp3) is 0.312. The van der Waals surface area contributed by atoms with E-state index in [0.29, 0.717) is 16.7 Å². The normalized spacial score (nSPS) is 12.1. The lowest BCUT2D eigenvalue weighted by Crippen LogP contribution is -2.17. The fourth-order valence-electron chi connectivity index (χ4n) is 2.02. The first-order valence-electron chi connectivity index (χ1n) is 6.75. The van der Waals surface area contributed by atoms with Crippen molar-refractivity contribution < 1.29 is 22.6 Å². The van der Waals surface area contributed by atoms with E-state index >= 15 is 0 Å². The summed E-state index contributed by atoms with van der Waals surface area (Å²) < 4.78 is 46.0. The summed E-state index contributed by atoms with van der Waals surface area (Å²) in [5.74, 6) is 0.558. The highest BCUT2D eigenvalue weighted by atomic mass is 35.5. The van der Waals surface area contributed by atoms with E-state index < -0.39 is 6.36 Å². The summed E-state index contributed by atoms with van der Waals surface area (Å²) in [6.07, 6.45) is -3.21. The Kier molecular flexibility index (Phi) is 4.75. The quantitative estimate of drug-likeness (QED) is 0.666. The smallest absolute Gasteiger partial charge is 0.457 e. The predicted molar refractivity (Wildman–Crippen MR) is 81.1 cm³/mol. The zero-order valence-electron chi connectivity index (χ0n) is 12.7. The lowest BCUT2D eigenvalue weighted by molar-refractivity contribution is -0.274. The van der Waals surface area contributed by atoms with Crippen molar-refractivity contribution in [1.82, 2.24) is 4.98 Å². The first kappa shape index (κ1) is 17.4. The minimum atomic E-state index is -4.72. The van der Waals surface area contributed by atoms with Crippen LogP contribution in [0.25, 0.3) is 0 Å². The van der Waals surface area contributed by atoms with Crippen LogP contribution in [-0.2, 0) is 5.41 Å². The van der Waals surface area contributed by atoms with Gasteiger partial charge in [-0.05, 0) is 35.7 Å². The summed E-state index contributed by atoms with van der Waals surface area (Å²) in [5.41, 5.74) is 0.414. The zero-order chi connectivity index (χ0) is 17.3. The zero-order valence-corrected chi connectivity index (χ0v) is 13.5. The molecular formula is C16H15ClF3NO2. The molecule has 2 rings (SSSR count).